The van der Waals surface area contributed by atoms with Gasteiger partial charge in [0.25, 0.3) is 0 Å². The summed E-state index contributed by atoms with van der Waals surface area (Å²) < 4.78 is 0. The molecular formula is C7H13NOS. The number of ketones is 1. The average Bonchev–Trinajstić information content (AvgIpc) is 1.99. The van der Waals surface area contributed by atoms with Crippen LogP contribution in [0.4, 0.5) is 0 Å². The topological polar surface area (TPSA) is 43.1 Å². The Morgan fingerprint density at radius 3 is 2.60 bits per heavy atom. The SMILES string of the molecule is CCC=C(SC)C(=O)CN. The molecular weight excluding hydrogens is 146 g/mol. The molecule has 2 nitrogen and oxygen atoms in total. The van der Waals surface area contributed by atoms with Crippen LogP contribution in [0.5, 0.6) is 0 Å². The second kappa shape index (κ2) is 5.50. The molecule has 0 spiro atoms. The maximum absolute atomic E-state index is 10.9. The van der Waals surface area contributed by atoms with Crippen molar-refractivity contribution in [2.24, 2.45) is 5.73 Å². The van der Waals surface area contributed by atoms with Crippen molar-refractivity contribution in [3.8, 4) is 0 Å². The van der Waals surface area contributed by atoms with E-state index in [4.69, 9.17) is 5.73 Å². The molecule has 2 N–H and O–H groups in total. The van der Waals surface area contributed by atoms with Crippen molar-refractivity contribution >= 4 is 17.5 Å². The van der Waals surface area contributed by atoms with Gasteiger partial charge in [-0.15, -0.1) is 11.8 Å². The molecule has 0 aliphatic heterocycles. The molecule has 0 atom stereocenters. The van der Waals surface area contributed by atoms with Crippen molar-refractivity contribution in [1.82, 2.24) is 0 Å². The summed E-state index contributed by atoms with van der Waals surface area (Å²) in [7, 11) is 0. The van der Waals surface area contributed by atoms with Gasteiger partial charge in [-0.05, 0) is 12.7 Å². The highest BCUT2D eigenvalue weighted by Crippen LogP contribution is 2.12. The van der Waals surface area contributed by atoms with Crippen LogP contribution in [-0.2, 0) is 4.79 Å². The largest absolute Gasteiger partial charge is 0.324 e. The molecule has 0 aliphatic rings. The van der Waals surface area contributed by atoms with Gasteiger partial charge in [0.2, 0.25) is 0 Å². The third kappa shape index (κ3) is 3.03. The van der Waals surface area contributed by atoms with E-state index < -0.39 is 0 Å². The van der Waals surface area contributed by atoms with Gasteiger partial charge in [0, 0.05) is 4.91 Å². The van der Waals surface area contributed by atoms with Gasteiger partial charge in [-0.1, -0.05) is 13.0 Å². The predicted octanol–water partition coefficient (Wildman–Crippen LogP) is 1.17. The van der Waals surface area contributed by atoms with Gasteiger partial charge in [0.1, 0.15) is 0 Å². The zero-order chi connectivity index (χ0) is 7.98. The number of hydrogen-bond acceptors (Lipinski definition) is 3. The molecule has 0 amide bonds. The van der Waals surface area contributed by atoms with Crippen molar-refractivity contribution in [2.45, 2.75) is 13.3 Å². The fraction of sp³-hybridized carbons (Fsp3) is 0.571. The van der Waals surface area contributed by atoms with E-state index in [0.717, 1.165) is 11.3 Å². The summed E-state index contributed by atoms with van der Waals surface area (Å²) >= 11 is 1.46. The molecule has 0 unspecified atom stereocenters. The molecule has 0 aromatic rings. The quantitative estimate of drug-likeness (QED) is 0.626. The van der Waals surface area contributed by atoms with Gasteiger partial charge in [0.05, 0.1) is 6.54 Å². The Morgan fingerprint density at radius 1 is 1.70 bits per heavy atom. The number of thioether (sulfide) groups is 1. The minimum absolute atomic E-state index is 0.0364. The highest BCUT2D eigenvalue weighted by atomic mass is 32.2. The first-order chi connectivity index (χ1) is 4.76. The van der Waals surface area contributed by atoms with Gasteiger partial charge in [-0.3, -0.25) is 4.79 Å². The second-order valence-corrected chi connectivity index (χ2v) is 2.66. The zero-order valence-electron chi connectivity index (χ0n) is 6.39. The lowest BCUT2D eigenvalue weighted by Crippen LogP contribution is -2.13. The summed E-state index contributed by atoms with van der Waals surface area (Å²) in [5, 5.41) is 0. The lowest BCUT2D eigenvalue weighted by atomic mass is 10.3. The number of allylic oxidation sites excluding steroid dienone is 1. The molecule has 0 bridgehead atoms. The van der Waals surface area contributed by atoms with Crippen LogP contribution >= 0.6 is 11.8 Å². The third-order valence-corrected chi connectivity index (χ3v) is 1.90. The van der Waals surface area contributed by atoms with E-state index in [1.54, 1.807) is 0 Å². The van der Waals surface area contributed by atoms with E-state index >= 15 is 0 Å². The number of carbonyl (C=O) groups is 1. The summed E-state index contributed by atoms with van der Waals surface area (Å²) in [6.45, 7) is 2.12. The van der Waals surface area contributed by atoms with Crippen LogP contribution in [0.2, 0.25) is 0 Å². The van der Waals surface area contributed by atoms with E-state index in [-0.39, 0.29) is 12.3 Å². The van der Waals surface area contributed by atoms with Gasteiger partial charge >= 0.3 is 0 Å². The molecule has 0 saturated carbocycles. The Kier molecular flexibility index (Phi) is 5.35. The van der Waals surface area contributed by atoms with Crippen molar-refractivity contribution < 1.29 is 4.79 Å². The zero-order valence-corrected chi connectivity index (χ0v) is 7.20. The highest BCUT2D eigenvalue weighted by molar-refractivity contribution is 8.03. The molecule has 0 rings (SSSR count). The summed E-state index contributed by atoms with van der Waals surface area (Å²) in [6.07, 6.45) is 4.68. The standard InChI is InChI=1S/C7H13NOS/c1-3-4-7(10-2)6(9)5-8/h4H,3,5,8H2,1-2H3. The lowest BCUT2D eigenvalue weighted by molar-refractivity contribution is -0.113. The monoisotopic (exact) mass is 159 g/mol. The van der Waals surface area contributed by atoms with Crippen LogP contribution in [0.15, 0.2) is 11.0 Å². The number of carbonyl (C=O) groups excluding carboxylic acids is 1. The van der Waals surface area contributed by atoms with E-state index in [2.05, 4.69) is 0 Å². The van der Waals surface area contributed by atoms with Crippen LogP contribution in [0.3, 0.4) is 0 Å². The molecule has 3 heteroatoms. The Balaban J connectivity index is 4.06. The first kappa shape index (κ1) is 9.72. The van der Waals surface area contributed by atoms with Crippen LogP contribution in [0.1, 0.15) is 13.3 Å². The maximum atomic E-state index is 10.9. The molecule has 0 fully saturated rings. The van der Waals surface area contributed by atoms with Crippen molar-refractivity contribution in [2.75, 3.05) is 12.8 Å². The summed E-state index contributed by atoms with van der Waals surface area (Å²) in [6, 6.07) is 0. The number of Topliss-reactive ketones (excluding diaryl/α,β-unsaturated/α-hetero) is 1. The van der Waals surface area contributed by atoms with E-state index in [1.165, 1.54) is 11.8 Å². The van der Waals surface area contributed by atoms with Crippen LogP contribution < -0.4 is 5.73 Å². The smallest absolute Gasteiger partial charge is 0.182 e. The van der Waals surface area contributed by atoms with Crippen LogP contribution in [0.25, 0.3) is 0 Å². The first-order valence-electron chi connectivity index (χ1n) is 3.23. The lowest BCUT2D eigenvalue weighted by Gasteiger charge is -1.97. The van der Waals surface area contributed by atoms with Crippen LogP contribution in [-0.4, -0.2) is 18.6 Å². The number of rotatable bonds is 4. The van der Waals surface area contributed by atoms with Gasteiger partial charge in [-0.2, -0.15) is 0 Å². The van der Waals surface area contributed by atoms with E-state index in [0.29, 0.717) is 0 Å². The molecule has 58 valence electrons. The van der Waals surface area contributed by atoms with E-state index in [1.807, 2.05) is 19.3 Å². The Morgan fingerprint density at radius 2 is 2.30 bits per heavy atom. The molecule has 0 heterocycles. The maximum Gasteiger partial charge on any atom is 0.182 e. The summed E-state index contributed by atoms with van der Waals surface area (Å²) in [4.78, 5) is 11.7. The van der Waals surface area contributed by atoms with E-state index in [9.17, 15) is 4.79 Å². The van der Waals surface area contributed by atoms with Crippen molar-refractivity contribution in [3.63, 3.8) is 0 Å². The molecule has 0 aliphatic carbocycles. The second-order valence-electron chi connectivity index (χ2n) is 1.81. The normalized spacial score (nSPS) is 11.7. The van der Waals surface area contributed by atoms with Crippen molar-refractivity contribution in [1.29, 1.82) is 0 Å². The van der Waals surface area contributed by atoms with Crippen LogP contribution in [0, 0.1) is 0 Å². The fourth-order valence-electron chi connectivity index (χ4n) is 0.597. The molecule has 0 aromatic carbocycles. The molecule has 10 heavy (non-hydrogen) atoms. The Hall–Kier alpha value is -0.280. The Labute approximate surface area is 65.9 Å². The third-order valence-electron chi connectivity index (χ3n) is 1.07. The molecule has 0 saturated heterocycles. The number of hydrogen-bond donors (Lipinski definition) is 1. The predicted molar refractivity (Wildman–Crippen MR) is 46.0 cm³/mol. The van der Waals surface area contributed by atoms with Gasteiger partial charge in [-0.25, -0.2) is 0 Å². The minimum Gasteiger partial charge on any atom is -0.324 e. The number of nitrogens with two attached hydrogens (primary N) is 1. The summed E-state index contributed by atoms with van der Waals surface area (Å²) in [5.41, 5.74) is 5.18. The minimum atomic E-state index is 0.0364. The Bertz CT molecular complexity index is 143. The molecule has 0 radical (unpaired) electrons. The summed E-state index contributed by atoms with van der Waals surface area (Å²) in [5.74, 6) is 0.0364. The molecule has 0 aromatic heterocycles. The average molecular weight is 159 g/mol. The van der Waals surface area contributed by atoms with Gasteiger partial charge in [0.15, 0.2) is 5.78 Å². The van der Waals surface area contributed by atoms with Crippen molar-refractivity contribution in [3.05, 3.63) is 11.0 Å². The van der Waals surface area contributed by atoms with Gasteiger partial charge < -0.3 is 5.73 Å². The first-order valence-corrected chi connectivity index (χ1v) is 4.46. The highest BCUT2D eigenvalue weighted by Gasteiger charge is 2.03. The fourth-order valence-corrected chi connectivity index (χ4v) is 1.24.